The van der Waals surface area contributed by atoms with Crippen molar-refractivity contribution < 1.29 is 9.53 Å². The highest BCUT2D eigenvalue weighted by atomic mass is 35.5. The number of anilines is 2. The molecule has 2 aliphatic rings. The molecule has 10 heteroatoms. The van der Waals surface area contributed by atoms with Crippen molar-refractivity contribution in [2.24, 2.45) is 0 Å². The van der Waals surface area contributed by atoms with Crippen LogP contribution >= 0.6 is 11.6 Å². The number of aromatic nitrogens is 2. The third-order valence-electron chi connectivity index (χ3n) is 7.91. The van der Waals surface area contributed by atoms with Crippen LogP contribution in [0.25, 0.3) is 10.8 Å². The van der Waals surface area contributed by atoms with Gasteiger partial charge in [0.2, 0.25) is 5.95 Å². The van der Waals surface area contributed by atoms with Crippen molar-refractivity contribution >= 4 is 39.9 Å². The predicted molar refractivity (Wildman–Crippen MR) is 162 cm³/mol. The Hall–Kier alpha value is -4.08. The number of nitrogens with one attached hydrogen (secondary N) is 1. The summed E-state index contributed by atoms with van der Waals surface area (Å²) in [5.74, 6) is 1.40. The van der Waals surface area contributed by atoms with Gasteiger partial charge in [0, 0.05) is 75.6 Å². The molecule has 2 saturated heterocycles. The van der Waals surface area contributed by atoms with Crippen molar-refractivity contribution in [3.8, 4) is 5.75 Å². The van der Waals surface area contributed by atoms with Crippen LogP contribution < -0.4 is 20.1 Å². The van der Waals surface area contributed by atoms with E-state index >= 15 is 0 Å². The van der Waals surface area contributed by atoms with Gasteiger partial charge in [0.1, 0.15) is 5.75 Å². The van der Waals surface area contributed by atoms with Crippen LogP contribution in [0.15, 0.2) is 71.5 Å². The summed E-state index contributed by atoms with van der Waals surface area (Å²) in [6.07, 6.45) is 0. The molecule has 1 aromatic heterocycles. The minimum atomic E-state index is -0.165. The minimum Gasteiger partial charge on any atom is -0.495 e. The van der Waals surface area contributed by atoms with E-state index in [1.807, 2.05) is 65.6 Å². The van der Waals surface area contributed by atoms with Gasteiger partial charge in [0.05, 0.1) is 18.5 Å². The number of hydrogen-bond donors (Lipinski definition) is 1. The normalized spacial score (nSPS) is 16.3. The summed E-state index contributed by atoms with van der Waals surface area (Å²) in [4.78, 5) is 42.2. The molecule has 0 bridgehead atoms. The molecule has 212 valence electrons. The van der Waals surface area contributed by atoms with Crippen LogP contribution in [0, 0.1) is 0 Å². The summed E-state index contributed by atoms with van der Waals surface area (Å²) in [7, 11) is 1.67. The number of benzene rings is 3. The molecule has 0 saturated carbocycles. The number of carbonyl (C=O) groups excluding carboxylic acids is 1. The van der Waals surface area contributed by atoms with E-state index in [0.29, 0.717) is 43.7 Å². The van der Waals surface area contributed by atoms with Crippen LogP contribution in [0.3, 0.4) is 0 Å². The number of aromatic amines is 1. The van der Waals surface area contributed by atoms with Crippen LogP contribution in [0.2, 0.25) is 5.02 Å². The largest absolute Gasteiger partial charge is 0.495 e. The fourth-order valence-electron chi connectivity index (χ4n) is 5.71. The van der Waals surface area contributed by atoms with Crippen LogP contribution in [0.4, 0.5) is 11.6 Å². The van der Waals surface area contributed by atoms with E-state index in [9.17, 15) is 9.59 Å². The Balaban J connectivity index is 1.08. The summed E-state index contributed by atoms with van der Waals surface area (Å²) in [6.45, 7) is 6.21. The Morgan fingerprint density at radius 3 is 2.41 bits per heavy atom. The third-order valence-corrected chi connectivity index (χ3v) is 8.14. The number of hydrogen-bond acceptors (Lipinski definition) is 7. The summed E-state index contributed by atoms with van der Waals surface area (Å²) in [5, 5.41) is 2.71. The van der Waals surface area contributed by atoms with E-state index < -0.39 is 0 Å². The molecule has 6 rings (SSSR count). The highest BCUT2D eigenvalue weighted by Gasteiger charge is 2.25. The summed E-state index contributed by atoms with van der Waals surface area (Å²) < 4.78 is 5.53. The number of piperazine rings is 2. The van der Waals surface area contributed by atoms with Crippen LogP contribution in [-0.2, 0) is 6.54 Å². The zero-order valence-electron chi connectivity index (χ0n) is 23.1. The van der Waals surface area contributed by atoms with Gasteiger partial charge in [-0.25, -0.2) is 4.98 Å². The molecular weight excluding hydrogens is 540 g/mol. The van der Waals surface area contributed by atoms with Crippen LogP contribution in [-0.4, -0.2) is 85.1 Å². The Morgan fingerprint density at radius 2 is 1.63 bits per heavy atom. The minimum absolute atomic E-state index is 0.0335. The maximum atomic E-state index is 13.4. The van der Waals surface area contributed by atoms with Gasteiger partial charge in [-0.3, -0.25) is 19.5 Å². The Bertz CT molecular complexity index is 1600. The smallest absolute Gasteiger partial charge is 0.254 e. The molecule has 1 amide bonds. The molecule has 0 unspecified atom stereocenters. The molecule has 0 aliphatic carbocycles. The lowest BCUT2D eigenvalue weighted by molar-refractivity contribution is 0.0748. The number of carbonyl (C=O) groups is 1. The molecule has 2 fully saturated rings. The number of rotatable bonds is 6. The lowest BCUT2D eigenvalue weighted by Crippen LogP contribution is -2.49. The number of amides is 1. The van der Waals surface area contributed by atoms with Gasteiger partial charge < -0.3 is 19.4 Å². The van der Waals surface area contributed by atoms with E-state index in [1.165, 1.54) is 0 Å². The van der Waals surface area contributed by atoms with E-state index in [0.717, 1.165) is 59.6 Å². The number of fused-ring (bicyclic) bond motifs is 1. The second-order valence-electron chi connectivity index (χ2n) is 10.4. The fourth-order valence-corrected chi connectivity index (χ4v) is 5.88. The first kappa shape index (κ1) is 27.1. The van der Waals surface area contributed by atoms with Gasteiger partial charge in [-0.1, -0.05) is 48.0 Å². The van der Waals surface area contributed by atoms with E-state index in [1.54, 1.807) is 13.2 Å². The van der Waals surface area contributed by atoms with Crippen molar-refractivity contribution in [2.75, 3.05) is 69.3 Å². The van der Waals surface area contributed by atoms with Crippen molar-refractivity contribution in [2.45, 2.75) is 6.54 Å². The Kier molecular flexibility index (Phi) is 7.80. The number of halogens is 1. The standard InChI is InChI=1S/C31H33ClN6O3/c1-41-28-10-9-23(32)19-27(28)36-13-11-35(12-14-36)21-24-20-29(39)34-31(33-24)38-17-15-37(16-18-38)30(40)26-8-4-6-22-5-2-3-7-25(22)26/h2-10,19-20H,11-18,21H2,1H3,(H,33,34,39). The molecule has 3 aromatic carbocycles. The Labute approximate surface area is 243 Å². The monoisotopic (exact) mass is 572 g/mol. The summed E-state index contributed by atoms with van der Waals surface area (Å²) in [6, 6.07) is 21.1. The number of ether oxygens (including phenoxy) is 1. The average Bonchev–Trinajstić information content (AvgIpc) is 3.00. The molecule has 0 spiro atoms. The number of nitrogens with zero attached hydrogens (tertiary/aromatic N) is 5. The quantitative estimate of drug-likeness (QED) is 0.375. The van der Waals surface area contributed by atoms with Gasteiger partial charge in [-0.05, 0) is 35.0 Å². The highest BCUT2D eigenvalue weighted by molar-refractivity contribution is 6.31. The highest BCUT2D eigenvalue weighted by Crippen LogP contribution is 2.32. The van der Waals surface area contributed by atoms with Gasteiger partial charge in [0.15, 0.2) is 0 Å². The van der Waals surface area contributed by atoms with E-state index in [4.69, 9.17) is 21.3 Å². The first-order valence-corrected chi connectivity index (χ1v) is 14.3. The molecular formula is C31H33ClN6O3. The predicted octanol–water partition coefficient (Wildman–Crippen LogP) is 3.87. The molecule has 1 N–H and O–H groups in total. The maximum absolute atomic E-state index is 13.4. The van der Waals surface area contributed by atoms with Crippen molar-refractivity contribution in [1.82, 2.24) is 19.8 Å². The molecule has 2 aliphatic heterocycles. The first-order valence-electron chi connectivity index (χ1n) is 13.9. The molecule has 41 heavy (non-hydrogen) atoms. The maximum Gasteiger partial charge on any atom is 0.254 e. The summed E-state index contributed by atoms with van der Waals surface area (Å²) in [5.41, 5.74) is 2.29. The molecule has 9 nitrogen and oxygen atoms in total. The molecule has 0 radical (unpaired) electrons. The van der Waals surface area contributed by atoms with Crippen molar-refractivity contribution in [1.29, 1.82) is 0 Å². The fraction of sp³-hybridized carbons (Fsp3) is 0.323. The van der Waals surface area contributed by atoms with Crippen LogP contribution in [0.5, 0.6) is 5.75 Å². The zero-order valence-corrected chi connectivity index (χ0v) is 23.8. The second kappa shape index (κ2) is 11.8. The average molecular weight is 573 g/mol. The van der Waals surface area contributed by atoms with Gasteiger partial charge in [0.25, 0.3) is 11.5 Å². The lowest BCUT2D eigenvalue weighted by atomic mass is 10.0. The molecule has 3 heterocycles. The van der Waals surface area contributed by atoms with Crippen LogP contribution in [0.1, 0.15) is 16.1 Å². The van der Waals surface area contributed by atoms with Crippen molar-refractivity contribution in [3.05, 3.63) is 93.4 Å². The Morgan fingerprint density at radius 1 is 0.902 bits per heavy atom. The third kappa shape index (κ3) is 5.87. The van der Waals surface area contributed by atoms with Gasteiger partial charge in [-0.2, -0.15) is 0 Å². The van der Waals surface area contributed by atoms with Crippen molar-refractivity contribution in [3.63, 3.8) is 0 Å². The topological polar surface area (TPSA) is 85.0 Å². The first-order chi connectivity index (χ1) is 20.0. The number of methoxy groups -OCH3 is 1. The molecule has 4 aromatic rings. The summed E-state index contributed by atoms with van der Waals surface area (Å²) >= 11 is 6.24. The second-order valence-corrected chi connectivity index (χ2v) is 10.9. The number of H-pyrrole nitrogens is 1. The van der Waals surface area contributed by atoms with Gasteiger partial charge >= 0.3 is 0 Å². The van der Waals surface area contributed by atoms with E-state index in [2.05, 4.69) is 19.7 Å². The van der Waals surface area contributed by atoms with Gasteiger partial charge in [-0.15, -0.1) is 0 Å². The lowest BCUT2D eigenvalue weighted by Gasteiger charge is -2.37. The zero-order chi connectivity index (χ0) is 28.3. The van der Waals surface area contributed by atoms with E-state index in [-0.39, 0.29) is 11.5 Å². The SMILES string of the molecule is COc1ccc(Cl)cc1N1CCN(Cc2cc(=O)[nH]c(N3CCN(C(=O)c4cccc5ccccc45)CC3)n2)CC1. The molecule has 0 atom stereocenters.